The molecule has 0 saturated heterocycles. The number of unbranched alkanes of at least 4 members (excludes halogenated alkanes) is 8. The van der Waals surface area contributed by atoms with Gasteiger partial charge in [0.2, 0.25) is 5.91 Å². The monoisotopic (exact) mass is 410 g/mol. The van der Waals surface area contributed by atoms with Gasteiger partial charge in [-0.15, -0.1) is 0 Å². The number of nitrogens with one attached hydrogen (secondary N) is 2. The third kappa shape index (κ3) is 20.2. The Balaban J connectivity index is 3.57. The molecule has 29 heavy (non-hydrogen) atoms. The van der Waals surface area contributed by atoms with Crippen LogP contribution in [0, 0.1) is 0 Å². The maximum absolute atomic E-state index is 12.1. The Morgan fingerprint density at radius 2 is 1.59 bits per heavy atom. The van der Waals surface area contributed by atoms with E-state index in [1.54, 1.807) is 0 Å². The van der Waals surface area contributed by atoms with Crippen LogP contribution in [0.3, 0.4) is 0 Å². The summed E-state index contributed by atoms with van der Waals surface area (Å²) in [5.74, 6) is 0.157. The smallest absolute Gasteiger partial charge is 0.221 e. The maximum Gasteiger partial charge on any atom is 0.221 e. The van der Waals surface area contributed by atoms with Crippen LogP contribution in [0.15, 0.2) is 12.2 Å². The third-order valence-corrected chi connectivity index (χ3v) is 5.09. The molecule has 4 nitrogen and oxygen atoms in total. The van der Waals surface area contributed by atoms with Gasteiger partial charge in [-0.2, -0.15) is 0 Å². The van der Waals surface area contributed by atoms with E-state index < -0.39 is 0 Å². The van der Waals surface area contributed by atoms with Crippen molar-refractivity contribution >= 4 is 5.91 Å². The van der Waals surface area contributed by atoms with E-state index in [1.165, 1.54) is 38.5 Å². The highest BCUT2D eigenvalue weighted by Gasteiger charge is 2.17. The van der Waals surface area contributed by atoms with E-state index in [0.29, 0.717) is 6.42 Å². The lowest BCUT2D eigenvalue weighted by molar-refractivity contribution is -0.122. The first-order valence-corrected chi connectivity index (χ1v) is 12.2. The van der Waals surface area contributed by atoms with Gasteiger partial charge in [0, 0.05) is 12.0 Å². The lowest BCUT2D eigenvalue weighted by Crippen LogP contribution is -2.52. The number of aliphatic hydroxyl groups is 1. The van der Waals surface area contributed by atoms with E-state index in [9.17, 15) is 9.90 Å². The van der Waals surface area contributed by atoms with Crippen LogP contribution in [-0.2, 0) is 4.79 Å². The van der Waals surface area contributed by atoms with Crippen LogP contribution in [0.2, 0.25) is 0 Å². The van der Waals surface area contributed by atoms with Crippen molar-refractivity contribution in [3.05, 3.63) is 12.2 Å². The fourth-order valence-corrected chi connectivity index (χ4v) is 3.40. The number of amides is 1. The van der Waals surface area contributed by atoms with Crippen LogP contribution in [0.25, 0.3) is 0 Å². The average molecular weight is 411 g/mol. The van der Waals surface area contributed by atoms with Gasteiger partial charge in [0.25, 0.3) is 0 Å². The van der Waals surface area contributed by atoms with Gasteiger partial charge in [0.05, 0.1) is 12.3 Å². The van der Waals surface area contributed by atoms with E-state index in [-0.39, 0.29) is 23.7 Å². The molecule has 0 heterocycles. The molecule has 2 atom stereocenters. The maximum atomic E-state index is 12.1. The number of aliphatic hydroxyl groups excluding tert-OH is 1. The minimum Gasteiger partial charge on any atom is -0.393 e. The van der Waals surface area contributed by atoms with Crippen molar-refractivity contribution in [1.82, 2.24) is 10.6 Å². The molecule has 0 rings (SSSR count). The van der Waals surface area contributed by atoms with Gasteiger partial charge in [-0.1, -0.05) is 70.9 Å². The predicted octanol–water partition coefficient (Wildman–Crippen LogP) is 6.24. The fourth-order valence-electron chi connectivity index (χ4n) is 3.40. The molecule has 4 heteroatoms. The van der Waals surface area contributed by atoms with Crippen molar-refractivity contribution < 1.29 is 9.90 Å². The van der Waals surface area contributed by atoms with Gasteiger partial charge >= 0.3 is 0 Å². The van der Waals surface area contributed by atoms with Crippen molar-refractivity contribution in [3.63, 3.8) is 0 Å². The summed E-state index contributed by atoms with van der Waals surface area (Å²) in [4.78, 5) is 12.1. The summed E-state index contributed by atoms with van der Waals surface area (Å²) >= 11 is 0. The first-order valence-electron chi connectivity index (χ1n) is 12.2. The highest BCUT2D eigenvalue weighted by atomic mass is 16.3. The predicted molar refractivity (Wildman–Crippen MR) is 126 cm³/mol. The Bertz CT molecular complexity index is 416. The van der Waals surface area contributed by atoms with Crippen molar-refractivity contribution in [2.24, 2.45) is 0 Å². The van der Waals surface area contributed by atoms with E-state index in [4.69, 9.17) is 0 Å². The van der Waals surface area contributed by atoms with E-state index in [1.807, 2.05) is 0 Å². The van der Waals surface area contributed by atoms with Crippen LogP contribution in [0.1, 0.15) is 125 Å². The quantitative estimate of drug-likeness (QED) is 0.142. The van der Waals surface area contributed by atoms with E-state index >= 15 is 0 Å². The van der Waals surface area contributed by atoms with Gasteiger partial charge < -0.3 is 10.4 Å². The molecule has 172 valence electrons. The van der Waals surface area contributed by atoms with Crippen LogP contribution >= 0.6 is 0 Å². The molecule has 0 aromatic heterocycles. The van der Waals surface area contributed by atoms with Gasteiger partial charge in [0.1, 0.15) is 0 Å². The summed E-state index contributed by atoms with van der Waals surface area (Å²) in [6, 6.07) is 0. The molecule has 1 amide bonds. The lowest BCUT2D eigenvalue weighted by Gasteiger charge is -2.28. The highest BCUT2D eigenvalue weighted by Crippen LogP contribution is 2.11. The SMILES string of the molecule is CCCCCC[C@@H](O)CC=CCCCCCCCC(=O)NC(CC)NC(C)(C)C. The Labute approximate surface area is 181 Å². The van der Waals surface area contributed by atoms with Crippen molar-refractivity contribution in [1.29, 1.82) is 0 Å². The summed E-state index contributed by atoms with van der Waals surface area (Å²) in [7, 11) is 0. The van der Waals surface area contributed by atoms with Gasteiger partial charge in [-0.05, 0) is 59.3 Å². The van der Waals surface area contributed by atoms with Gasteiger partial charge in [-0.25, -0.2) is 0 Å². The van der Waals surface area contributed by atoms with Crippen LogP contribution in [-0.4, -0.2) is 28.8 Å². The van der Waals surface area contributed by atoms with Gasteiger partial charge in [0.15, 0.2) is 0 Å². The summed E-state index contributed by atoms with van der Waals surface area (Å²) in [6.07, 6.45) is 19.2. The molecule has 0 fully saturated rings. The molecule has 0 aliphatic rings. The number of hydrogen-bond donors (Lipinski definition) is 3. The topological polar surface area (TPSA) is 61.4 Å². The molecule has 3 N–H and O–H groups in total. The summed E-state index contributed by atoms with van der Waals surface area (Å²) in [5.41, 5.74) is 0.00905. The summed E-state index contributed by atoms with van der Waals surface area (Å²) in [5, 5.41) is 16.5. The molecular weight excluding hydrogens is 360 g/mol. The van der Waals surface area contributed by atoms with Crippen LogP contribution in [0.5, 0.6) is 0 Å². The number of carbonyl (C=O) groups excluding carboxylic acids is 1. The highest BCUT2D eigenvalue weighted by molar-refractivity contribution is 5.76. The third-order valence-electron chi connectivity index (χ3n) is 5.09. The summed E-state index contributed by atoms with van der Waals surface area (Å²) < 4.78 is 0. The largest absolute Gasteiger partial charge is 0.393 e. The molecule has 0 bridgehead atoms. The first-order chi connectivity index (χ1) is 13.8. The normalized spacial score (nSPS) is 14.3. The zero-order chi connectivity index (χ0) is 22.0. The second-order valence-corrected chi connectivity index (χ2v) is 9.44. The molecule has 0 aromatic rings. The van der Waals surface area contributed by atoms with Crippen LogP contribution in [0.4, 0.5) is 0 Å². The zero-order valence-corrected chi connectivity index (χ0v) is 20.1. The van der Waals surface area contributed by atoms with Gasteiger partial charge in [-0.3, -0.25) is 10.1 Å². The molecular formula is C25H50N2O2. The molecule has 1 unspecified atom stereocenters. The zero-order valence-electron chi connectivity index (χ0n) is 20.1. The number of carbonyl (C=O) groups is 1. The second-order valence-electron chi connectivity index (χ2n) is 9.44. The average Bonchev–Trinajstić information content (AvgIpc) is 2.65. The van der Waals surface area contributed by atoms with E-state index in [2.05, 4.69) is 57.4 Å². The second kappa shape index (κ2) is 17.9. The molecule has 0 radical (unpaired) electrons. The van der Waals surface area contributed by atoms with Crippen molar-refractivity contribution in [3.8, 4) is 0 Å². The Morgan fingerprint density at radius 1 is 0.931 bits per heavy atom. The number of allylic oxidation sites excluding steroid dienone is 1. The number of hydrogen-bond acceptors (Lipinski definition) is 3. The molecule has 0 saturated carbocycles. The Morgan fingerprint density at radius 3 is 2.24 bits per heavy atom. The molecule has 0 spiro atoms. The van der Waals surface area contributed by atoms with Crippen molar-refractivity contribution in [2.75, 3.05) is 0 Å². The Hall–Kier alpha value is -0.870. The van der Waals surface area contributed by atoms with E-state index in [0.717, 1.165) is 44.9 Å². The molecule has 0 aliphatic carbocycles. The number of rotatable bonds is 18. The molecule has 0 aliphatic heterocycles. The van der Waals surface area contributed by atoms with Crippen molar-refractivity contribution in [2.45, 2.75) is 142 Å². The minimum absolute atomic E-state index is 0.00905. The first kappa shape index (κ1) is 28.1. The fraction of sp³-hybridized carbons (Fsp3) is 0.880. The Kier molecular flexibility index (Phi) is 17.4. The van der Waals surface area contributed by atoms with Crippen LogP contribution < -0.4 is 10.6 Å². The standard InChI is InChI=1S/C25H50N2O2/c1-6-8-9-16-19-22(28)20-17-14-12-10-11-13-15-18-21-24(29)26-23(7-2)27-25(3,4)5/h14,17,22-23,27-28H,6-13,15-16,18-21H2,1-5H3,(H,26,29)/t22-,23?/m1/s1. The lowest BCUT2D eigenvalue weighted by atomic mass is 10.1. The summed E-state index contributed by atoms with van der Waals surface area (Å²) in [6.45, 7) is 10.7. The molecule has 0 aromatic carbocycles. The minimum atomic E-state index is -0.167.